The molecule has 5 nitrogen and oxygen atoms in total. The molecule has 0 bridgehead atoms. The van der Waals surface area contributed by atoms with E-state index in [9.17, 15) is 14.7 Å². The van der Waals surface area contributed by atoms with E-state index in [1.807, 2.05) is 6.92 Å². The van der Waals surface area contributed by atoms with Crippen LogP contribution in [0.2, 0.25) is 0 Å². The largest absolute Gasteiger partial charge is 0.507 e. The van der Waals surface area contributed by atoms with Gasteiger partial charge in [-0.05, 0) is 37.5 Å². The summed E-state index contributed by atoms with van der Waals surface area (Å²) < 4.78 is 0. The van der Waals surface area contributed by atoms with Crippen LogP contribution in [-0.2, 0) is 4.79 Å². The van der Waals surface area contributed by atoms with Crippen molar-refractivity contribution < 1.29 is 19.8 Å². The number of carboxylic acid groups (broad SMARTS) is 1. The summed E-state index contributed by atoms with van der Waals surface area (Å²) in [4.78, 5) is 24.9. The van der Waals surface area contributed by atoms with Crippen molar-refractivity contribution >= 4 is 11.9 Å². The second kappa shape index (κ2) is 5.94. The molecule has 1 amide bonds. The Morgan fingerprint density at radius 3 is 2.50 bits per heavy atom. The molecule has 1 fully saturated rings. The lowest BCUT2D eigenvalue weighted by atomic mass is 10.1. The molecule has 0 heterocycles. The van der Waals surface area contributed by atoms with Gasteiger partial charge in [0.1, 0.15) is 12.3 Å². The predicted molar refractivity (Wildman–Crippen MR) is 73.8 cm³/mol. The van der Waals surface area contributed by atoms with E-state index in [4.69, 9.17) is 5.11 Å². The number of aryl methyl sites for hydroxylation is 1. The van der Waals surface area contributed by atoms with Gasteiger partial charge in [0, 0.05) is 6.04 Å². The number of carbonyl (C=O) groups is 2. The number of hydrogen-bond acceptors (Lipinski definition) is 3. The van der Waals surface area contributed by atoms with Crippen LogP contribution in [0.1, 0.15) is 41.6 Å². The van der Waals surface area contributed by atoms with Gasteiger partial charge in [-0.2, -0.15) is 0 Å². The molecule has 0 aliphatic heterocycles. The monoisotopic (exact) mass is 277 g/mol. The number of carbonyl (C=O) groups excluding carboxylic acids is 1. The van der Waals surface area contributed by atoms with E-state index in [0.29, 0.717) is 0 Å². The van der Waals surface area contributed by atoms with Crippen LogP contribution >= 0.6 is 0 Å². The Balaban J connectivity index is 2.27. The van der Waals surface area contributed by atoms with Crippen molar-refractivity contribution in [3.05, 3.63) is 29.3 Å². The van der Waals surface area contributed by atoms with Crippen molar-refractivity contribution in [3.8, 4) is 5.75 Å². The highest BCUT2D eigenvalue weighted by atomic mass is 16.4. The highest BCUT2D eigenvalue weighted by Crippen LogP contribution is 2.27. The van der Waals surface area contributed by atoms with Crippen molar-refractivity contribution in [2.45, 2.75) is 38.6 Å². The van der Waals surface area contributed by atoms with Crippen LogP contribution in [-0.4, -0.2) is 39.6 Å². The van der Waals surface area contributed by atoms with Crippen molar-refractivity contribution in [3.63, 3.8) is 0 Å². The van der Waals surface area contributed by atoms with Crippen molar-refractivity contribution in [1.82, 2.24) is 4.90 Å². The van der Waals surface area contributed by atoms with Gasteiger partial charge in [0.2, 0.25) is 0 Å². The first-order valence-corrected chi connectivity index (χ1v) is 6.81. The summed E-state index contributed by atoms with van der Waals surface area (Å²) in [6.07, 6.45) is 3.67. The maximum absolute atomic E-state index is 12.5. The van der Waals surface area contributed by atoms with E-state index in [1.54, 1.807) is 12.1 Å². The smallest absolute Gasteiger partial charge is 0.323 e. The number of hydrogen-bond donors (Lipinski definition) is 2. The normalized spacial score (nSPS) is 15.2. The second-order valence-corrected chi connectivity index (χ2v) is 5.29. The predicted octanol–water partition coefficient (Wildman–Crippen LogP) is 2.17. The van der Waals surface area contributed by atoms with Crippen LogP contribution in [0.4, 0.5) is 0 Å². The quantitative estimate of drug-likeness (QED) is 0.884. The highest BCUT2D eigenvalue weighted by molar-refractivity contribution is 5.98. The van der Waals surface area contributed by atoms with E-state index in [-0.39, 0.29) is 23.9 Å². The van der Waals surface area contributed by atoms with E-state index in [0.717, 1.165) is 31.2 Å². The van der Waals surface area contributed by atoms with E-state index in [2.05, 4.69) is 0 Å². The molecule has 0 aromatic heterocycles. The molecular formula is C15H19NO4. The number of benzene rings is 1. The Bertz CT molecular complexity index is 521. The van der Waals surface area contributed by atoms with Gasteiger partial charge in [0.25, 0.3) is 5.91 Å². The molecule has 20 heavy (non-hydrogen) atoms. The van der Waals surface area contributed by atoms with E-state index < -0.39 is 11.9 Å². The van der Waals surface area contributed by atoms with Crippen LogP contribution in [0, 0.1) is 6.92 Å². The molecule has 0 radical (unpaired) electrons. The average Bonchev–Trinajstić information content (AvgIpc) is 2.88. The van der Waals surface area contributed by atoms with Gasteiger partial charge in [-0.3, -0.25) is 9.59 Å². The molecule has 2 N–H and O–H groups in total. The summed E-state index contributed by atoms with van der Waals surface area (Å²) in [6.45, 7) is 1.50. The minimum atomic E-state index is -1.03. The molecule has 0 unspecified atom stereocenters. The van der Waals surface area contributed by atoms with Gasteiger partial charge in [-0.15, -0.1) is 0 Å². The van der Waals surface area contributed by atoms with Gasteiger partial charge in [0.05, 0.1) is 5.56 Å². The molecule has 0 spiro atoms. The van der Waals surface area contributed by atoms with Crippen LogP contribution in [0.3, 0.4) is 0 Å². The molecule has 0 saturated heterocycles. The summed E-state index contributed by atoms with van der Waals surface area (Å²) in [5.41, 5.74) is 1.02. The number of rotatable bonds is 4. The molecule has 1 aromatic rings. The number of phenolic OH excluding ortho intramolecular Hbond substituents is 1. The van der Waals surface area contributed by atoms with Crippen LogP contribution < -0.4 is 0 Å². The molecule has 1 aliphatic rings. The Morgan fingerprint density at radius 1 is 1.30 bits per heavy atom. The fourth-order valence-corrected chi connectivity index (χ4v) is 2.71. The Hall–Kier alpha value is -2.04. The van der Waals surface area contributed by atoms with E-state index >= 15 is 0 Å². The lowest BCUT2D eigenvalue weighted by Gasteiger charge is -2.27. The van der Waals surface area contributed by atoms with Crippen molar-refractivity contribution in [2.24, 2.45) is 0 Å². The van der Waals surface area contributed by atoms with Gasteiger partial charge >= 0.3 is 5.97 Å². The molecule has 1 saturated carbocycles. The van der Waals surface area contributed by atoms with Gasteiger partial charge < -0.3 is 15.1 Å². The number of carboxylic acids is 1. The lowest BCUT2D eigenvalue weighted by Crippen LogP contribution is -2.42. The highest BCUT2D eigenvalue weighted by Gasteiger charge is 2.30. The van der Waals surface area contributed by atoms with Crippen molar-refractivity contribution in [2.75, 3.05) is 6.54 Å². The molecule has 2 rings (SSSR count). The fourth-order valence-electron chi connectivity index (χ4n) is 2.71. The van der Waals surface area contributed by atoms with Crippen LogP contribution in [0.5, 0.6) is 5.75 Å². The summed E-state index contributed by atoms with van der Waals surface area (Å²) in [7, 11) is 0. The fraction of sp³-hybridized carbons (Fsp3) is 0.467. The summed E-state index contributed by atoms with van der Waals surface area (Å²) in [5.74, 6) is -1.53. The second-order valence-electron chi connectivity index (χ2n) is 5.29. The maximum atomic E-state index is 12.5. The number of aromatic hydroxyl groups is 1. The number of amides is 1. The summed E-state index contributed by atoms with van der Waals surface area (Å²) in [6, 6.07) is 4.76. The van der Waals surface area contributed by atoms with E-state index in [1.165, 1.54) is 11.0 Å². The Morgan fingerprint density at radius 2 is 1.95 bits per heavy atom. The van der Waals surface area contributed by atoms with Crippen LogP contribution in [0.15, 0.2) is 18.2 Å². The standard InChI is InChI=1S/C15H19NO4/c1-10-6-7-12(13(17)8-10)15(20)16(9-14(18)19)11-4-2-3-5-11/h6-8,11,17H,2-5,9H2,1H3,(H,18,19). The molecule has 1 aromatic carbocycles. The first kappa shape index (κ1) is 14.4. The van der Waals surface area contributed by atoms with Gasteiger partial charge in [0.15, 0.2) is 0 Å². The third kappa shape index (κ3) is 3.10. The molecule has 0 atom stereocenters. The minimum Gasteiger partial charge on any atom is -0.507 e. The third-order valence-corrected chi connectivity index (χ3v) is 3.72. The molecule has 1 aliphatic carbocycles. The topological polar surface area (TPSA) is 77.8 Å². The van der Waals surface area contributed by atoms with Crippen LogP contribution in [0.25, 0.3) is 0 Å². The number of nitrogens with zero attached hydrogens (tertiary/aromatic N) is 1. The van der Waals surface area contributed by atoms with Crippen molar-refractivity contribution in [1.29, 1.82) is 0 Å². The first-order chi connectivity index (χ1) is 9.49. The zero-order valence-corrected chi connectivity index (χ0v) is 11.5. The maximum Gasteiger partial charge on any atom is 0.323 e. The lowest BCUT2D eigenvalue weighted by molar-refractivity contribution is -0.138. The SMILES string of the molecule is Cc1ccc(C(=O)N(CC(=O)O)C2CCCC2)c(O)c1. The third-order valence-electron chi connectivity index (χ3n) is 3.72. The van der Waals surface area contributed by atoms with Gasteiger partial charge in [-0.1, -0.05) is 18.9 Å². The number of aliphatic carboxylic acids is 1. The van der Waals surface area contributed by atoms with Gasteiger partial charge in [-0.25, -0.2) is 0 Å². The summed E-state index contributed by atoms with van der Waals surface area (Å²) in [5, 5.41) is 18.9. The Labute approximate surface area is 117 Å². The molecule has 108 valence electrons. The first-order valence-electron chi connectivity index (χ1n) is 6.81. The average molecular weight is 277 g/mol. The zero-order valence-electron chi connectivity index (χ0n) is 11.5. The Kier molecular flexibility index (Phi) is 4.27. The molecule has 5 heteroatoms. The molecular weight excluding hydrogens is 258 g/mol. The number of phenols is 1. The minimum absolute atomic E-state index is 0.0423. The summed E-state index contributed by atoms with van der Waals surface area (Å²) >= 11 is 0. The zero-order chi connectivity index (χ0) is 14.7.